The fourth-order valence-electron chi connectivity index (χ4n) is 10.0. The number of carbonyl (C=O) groups excluding carboxylic acids is 10. The molecule has 10 amide bonds. The molecule has 0 spiro atoms. The number of carbonyl (C=O) groups is 10. The summed E-state index contributed by atoms with van der Waals surface area (Å²) in [4.78, 5) is 146. The van der Waals surface area contributed by atoms with Gasteiger partial charge in [-0.25, -0.2) is 0 Å². The van der Waals surface area contributed by atoms with Crippen LogP contribution in [0.4, 0.5) is 0 Å². The van der Waals surface area contributed by atoms with Crippen molar-refractivity contribution in [2.75, 3.05) is 50.5 Å². The molecule has 0 unspecified atom stereocenters. The molecule has 0 aliphatic carbocycles. The van der Waals surface area contributed by atoms with Crippen LogP contribution < -0.4 is 65.1 Å². The maximum absolute atomic E-state index is 15.1. The van der Waals surface area contributed by atoms with E-state index in [2.05, 4.69) is 65.5 Å². The van der Waals surface area contributed by atoms with Crippen LogP contribution in [0.5, 0.6) is 5.75 Å². The minimum absolute atomic E-state index is 0.00465. The first-order valence-electron chi connectivity index (χ1n) is 30.6. The molecule has 5 rings (SSSR count). The first-order chi connectivity index (χ1) is 44.0. The van der Waals surface area contributed by atoms with Crippen LogP contribution in [0.2, 0.25) is 0 Å². The lowest BCUT2D eigenvalue weighted by atomic mass is 9.99. The number of nitrogens with one attached hydrogen (secondary N) is 10. The molecule has 1 saturated heterocycles. The van der Waals surface area contributed by atoms with Crippen LogP contribution in [0.1, 0.15) is 75.5 Å². The Morgan fingerprint density at radius 3 is 1.90 bits per heavy atom. The standard InChI is InChI=1S/C62H90N14O14S2/c1-35(78)49(32-77)73-59(87)50(33-91)74-55(83)44(17-9-11-24-63)68-54(82)42(65)31-67-52(81)34-92-26-23-46-62(90)76(3)51(28-37-13-5-4-6-14-37)60(88)72-47(27-38-19-21-40(80)22-20-38)57(85)71-48(29-39-30-66-43-16-8-7-15-41(39)43)58(86)69-45(18-10-12-25-64)56(84)75-53(36(2)79)61(89)70-46/h4-8,13-16,19-22,30,35-36,42,44-51,53,66,77-80,91H,9-12,17-18,23-29,31-34,63-65H2,1-3H3,(H,67,81)(H,68,82)(H,69,86)(H,70,89)(H,71,85)(H,72,88)(H,73,87)(H,74,83)(H,75,84)/t35-,36-,42+,44+,45+,46+,47+,48-,49-,50+,51+,53+/m1/s1. The van der Waals surface area contributed by atoms with Crippen molar-refractivity contribution >= 4 is 94.4 Å². The van der Waals surface area contributed by atoms with E-state index in [0.29, 0.717) is 42.4 Å². The van der Waals surface area contributed by atoms with Crippen molar-refractivity contribution in [2.24, 2.45) is 17.2 Å². The summed E-state index contributed by atoms with van der Waals surface area (Å²) >= 11 is 5.18. The van der Waals surface area contributed by atoms with Gasteiger partial charge in [0.05, 0.1) is 30.6 Å². The fourth-order valence-corrected chi connectivity index (χ4v) is 11.1. The SMILES string of the molecule is C[C@@H](O)[C@@H]1NC(=O)[C@H](CCCCN)NC(=O)[C@@H](Cc2c[nH]c3ccccc23)NC(=O)[C@H](Cc2ccc(O)cc2)NC(=O)[C@H](Cc2ccccc2)N(C)C(=O)[C@H](CCSCC(=O)NC[C@H](N)C(=O)N[C@@H](CCCCN)C(=O)N[C@@H](CS)C(=O)N[C@H](CO)[C@@H](C)O)NC1=O. The summed E-state index contributed by atoms with van der Waals surface area (Å²) in [5.74, 6) is -8.56. The Morgan fingerprint density at radius 1 is 0.663 bits per heavy atom. The summed E-state index contributed by atoms with van der Waals surface area (Å²) in [7, 11) is 1.34. The molecule has 1 fully saturated rings. The third-order valence-corrected chi connectivity index (χ3v) is 16.9. The summed E-state index contributed by atoms with van der Waals surface area (Å²) in [5.41, 5.74) is 20.2. The van der Waals surface area contributed by atoms with Crippen molar-refractivity contribution in [1.82, 2.24) is 57.7 Å². The van der Waals surface area contributed by atoms with Gasteiger partial charge in [-0.2, -0.15) is 24.4 Å². The number of H-pyrrole nitrogens is 1. The Kier molecular flexibility index (Phi) is 31.1. The van der Waals surface area contributed by atoms with E-state index in [1.54, 1.807) is 48.7 Å². The van der Waals surface area contributed by atoms with Crippen molar-refractivity contribution in [1.29, 1.82) is 0 Å². The molecule has 4 aromatic rings. The third-order valence-electron chi connectivity index (χ3n) is 15.5. The fraction of sp³-hybridized carbons (Fsp3) is 0.516. The number of hydrogen-bond donors (Lipinski definition) is 18. The smallest absolute Gasteiger partial charge is 0.245 e. The number of hydrogen-bond acceptors (Lipinski definition) is 19. The highest BCUT2D eigenvalue weighted by Gasteiger charge is 2.39. The number of fused-ring (bicyclic) bond motifs is 1. The van der Waals surface area contributed by atoms with Gasteiger partial charge < -0.3 is 95.4 Å². The molecule has 12 atom stereocenters. The number of phenolic OH excluding ortho intramolecular Hbond substituents is 1. The minimum atomic E-state index is -1.73. The molecule has 28 nitrogen and oxygen atoms in total. The van der Waals surface area contributed by atoms with E-state index in [-0.39, 0.29) is 74.6 Å². The van der Waals surface area contributed by atoms with E-state index in [1.165, 1.54) is 33.0 Å². The van der Waals surface area contributed by atoms with Gasteiger partial charge >= 0.3 is 0 Å². The molecule has 1 aliphatic rings. The lowest BCUT2D eigenvalue weighted by Crippen LogP contribution is -2.63. The number of benzene rings is 3. The van der Waals surface area contributed by atoms with E-state index >= 15 is 9.59 Å². The van der Waals surface area contributed by atoms with Crippen molar-refractivity contribution < 1.29 is 68.4 Å². The number of aliphatic hydroxyl groups excluding tert-OH is 3. The van der Waals surface area contributed by atoms with Gasteiger partial charge in [0.25, 0.3) is 0 Å². The van der Waals surface area contributed by atoms with Gasteiger partial charge in [0.15, 0.2) is 0 Å². The average molecular weight is 1320 g/mol. The van der Waals surface area contributed by atoms with E-state index in [9.17, 15) is 58.8 Å². The van der Waals surface area contributed by atoms with Crippen LogP contribution in [0, 0.1) is 0 Å². The van der Waals surface area contributed by atoms with Gasteiger partial charge in [0, 0.05) is 55.7 Å². The number of likely N-dealkylation sites (N-methyl/N-ethyl adjacent to an activating group) is 1. The van der Waals surface area contributed by atoms with Crippen molar-refractivity contribution in [3.05, 3.63) is 102 Å². The number of rotatable bonds is 31. The number of unbranched alkanes of at least 4 members (excludes halogenated alkanes) is 2. The highest BCUT2D eigenvalue weighted by atomic mass is 32.2. The molecule has 20 N–H and O–H groups in total. The highest BCUT2D eigenvalue weighted by Crippen LogP contribution is 2.21. The molecule has 504 valence electrons. The van der Waals surface area contributed by atoms with Crippen LogP contribution in [-0.4, -0.2) is 213 Å². The summed E-state index contributed by atoms with van der Waals surface area (Å²) in [6.45, 7) is 2.16. The number of amides is 10. The van der Waals surface area contributed by atoms with E-state index < -0.39 is 145 Å². The molecular weight excluding hydrogens is 1230 g/mol. The first-order valence-corrected chi connectivity index (χ1v) is 32.4. The molecule has 0 saturated carbocycles. The third kappa shape index (κ3) is 23.4. The van der Waals surface area contributed by atoms with Crippen LogP contribution in [0.25, 0.3) is 10.9 Å². The molecule has 30 heteroatoms. The predicted octanol–water partition coefficient (Wildman–Crippen LogP) is -2.87. The number of nitrogens with two attached hydrogens (primary N) is 3. The molecule has 92 heavy (non-hydrogen) atoms. The number of aromatic amines is 1. The second-order valence-electron chi connectivity index (χ2n) is 22.7. The molecule has 0 radical (unpaired) electrons. The van der Waals surface area contributed by atoms with Crippen LogP contribution in [0.3, 0.4) is 0 Å². The van der Waals surface area contributed by atoms with E-state index in [0.717, 1.165) is 27.6 Å². The van der Waals surface area contributed by atoms with Crippen molar-refractivity contribution in [2.45, 2.75) is 151 Å². The number of aromatic nitrogens is 1. The number of phenols is 1. The Morgan fingerprint density at radius 2 is 1.25 bits per heavy atom. The predicted molar refractivity (Wildman–Crippen MR) is 349 cm³/mol. The maximum Gasteiger partial charge on any atom is 0.245 e. The van der Waals surface area contributed by atoms with Gasteiger partial charge in [-0.3, -0.25) is 47.9 Å². The molecule has 3 aromatic carbocycles. The first kappa shape index (κ1) is 74.9. The van der Waals surface area contributed by atoms with Gasteiger partial charge in [-0.1, -0.05) is 60.7 Å². The van der Waals surface area contributed by atoms with Gasteiger partial charge in [0.2, 0.25) is 59.1 Å². The van der Waals surface area contributed by atoms with Crippen LogP contribution >= 0.6 is 24.4 Å². The Hall–Kier alpha value is -7.84. The molecule has 0 bridgehead atoms. The summed E-state index contributed by atoms with van der Waals surface area (Å²) < 4.78 is 0. The summed E-state index contributed by atoms with van der Waals surface area (Å²) in [6.07, 6.45) is 0.146. The number of nitrogens with zero attached hydrogens (tertiary/aromatic N) is 1. The summed E-state index contributed by atoms with van der Waals surface area (Å²) in [6, 6.07) is 8.28. The number of thiol groups is 1. The number of thioether (sulfide) groups is 1. The molecular formula is C62H90N14O14S2. The van der Waals surface area contributed by atoms with Gasteiger partial charge in [0.1, 0.15) is 60.1 Å². The van der Waals surface area contributed by atoms with Crippen molar-refractivity contribution in [3.63, 3.8) is 0 Å². The lowest BCUT2D eigenvalue weighted by molar-refractivity contribution is -0.143. The largest absolute Gasteiger partial charge is 0.508 e. The average Bonchev–Trinajstić information content (AvgIpc) is 1.90. The minimum Gasteiger partial charge on any atom is -0.508 e. The zero-order chi connectivity index (χ0) is 67.4. The van der Waals surface area contributed by atoms with Crippen LogP contribution in [-0.2, 0) is 67.2 Å². The number of para-hydroxylation sites is 1. The zero-order valence-corrected chi connectivity index (χ0v) is 53.6. The molecule has 1 aliphatic heterocycles. The van der Waals surface area contributed by atoms with Gasteiger partial charge in [-0.15, -0.1) is 0 Å². The van der Waals surface area contributed by atoms with Crippen molar-refractivity contribution in [3.8, 4) is 5.75 Å². The van der Waals surface area contributed by atoms with Gasteiger partial charge in [-0.05, 0) is 113 Å². The topological polar surface area (TPSA) is 457 Å². The maximum atomic E-state index is 15.1. The Balaban J connectivity index is 1.41. The van der Waals surface area contributed by atoms with Crippen LogP contribution in [0.15, 0.2) is 85.1 Å². The quantitative estimate of drug-likeness (QED) is 0.0178. The number of aromatic hydroxyl groups is 1. The zero-order valence-electron chi connectivity index (χ0n) is 51.9. The highest BCUT2D eigenvalue weighted by molar-refractivity contribution is 7.99. The molecule has 2 heterocycles. The Labute approximate surface area is 544 Å². The second-order valence-corrected chi connectivity index (χ2v) is 24.2. The lowest BCUT2D eigenvalue weighted by Gasteiger charge is -2.33. The normalized spacial score (nSPS) is 20.7. The van der Waals surface area contributed by atoms with E-state index in [1.807, 2.05) is 24.3 Å². The second kappa shape index (κ2) is 38.2. The summed E-state index contributed by atoms with van der Waals surface area (Å²) in [5, 5.41) is 65.3. The number of aliphatic hydroxyl groups is 3. The van der Waals surface area contributed by atoms with E-state index in [4.69, 9.17) is 17.2 Å². The molecule has 1 aromatic heterocycles. The monoisotopic (exact) mass is 1320 g/mol. The Bertz CT molecular complexity index is 3090.